The van der Waals surface area contributed by atoms with Gasteiger partial charge < -0.3 is 15.8 Å². The number of benzene rings is 1. The van der Waals surface area contributed by atoms with Crippen molar-refractivity contribution in [2.45, 2.75) is 25.7 Å². The van der Waals surface area contributed by atoms with Crippen molar-refractivity contribution in [3.05, 3.63) is 57.9 Å². The van der Waals surface area contributed by atoms with Crippen LogP contribution in [0.5, 0.6) is 5.75 Å². The first-order valence-electron chi connectivity index (χ1n) is 9.88. The highest BCUT2D eigenvalue weighted by atomic mass is 32.1. The van der Waals surface area contributed by atoms with E-state index in [-0.39, 0.29) is 5.91 Å². The number of hydrogen-bond donors (Lipinski definition) is 2. The summed E-state index contributed by atoms with van der Waals surface area (Å²) in [5.74, 6) is 0.528. The molecule has 7 heteroatoms. The number of rotatable bonds is 4. The van der Waals surface area contributed by atoms with Crippen molar-refractivity contribution >= 4 is 50.2 Å². The number of methoxy groups -OCH3 is 1. The molecule has 0 atom stereocenters. The lowest BCUT2D eigenvalue weighted by Crippen LogP contribution is -2.12. The Labute approximate surface area is 182 Å². The fraction of sp³-hybridized carbons (Fsp3) is 0.217. The summed E-state index contributed by atoms with van der Waals surface area (Å²) in [4.78, 5) is 20.5. The molecule has 30 heavy (non-hydrogen) atoms. The molecule has 5 nitrogen and oxygen atoms in total. The smallest absolute Gasteiger partial charge is 0.267 e. The fourth-order valence-electron chi connectivity index (χ4n) is 4.03. The van der Waals surface area contributed by atoms with Crippen molar-refractivity contribution < 1.29 is 9.53 Å². The minimum Gasteiger partial charge on any atom is -0.497 e. The molecule has 1 amide bonds. The van der Waals surface area contributed by atoms with Gasteiger partial charge in [0, 0.05) is 27.2 Å². The lowest BCUT2D eigenvalue weighted by molar-refractivity contribution is 0.103. The van der Waals surface area contributed by atoms with Gasteiger partial charge in [-0.2, -0.15) is 0 Å². The Morgan fingerprint density at radius 2 is 1.97 bits per heavy atom. The van der Waals surface area contributed by atoms with Gasteiger partial charge in [0.05, 0.1) is 12.8 Å². The molecular weight excluding hydrogens is 414 g/mol. The number of carbonyl (C=O) groups is 1. The van der Waals surface area contributed by atoms with E-state index < -0.39 is 0 Å². The third kappa shape index (κ3) is 3.24. The number of aromatic nitrogens is 1. The number of thiophene rings is 2. The minimum absolute atomic E-state index is 0.212. The van der Waals surface area contributed by atoms with Gasteiger partial charge in [0.1, 0.15) is 15.5 Å². The first kappa shape index (κ1) is 19.1. The van der Waals surface area contributed by atoms with Gasteiger partial charge in [0.25, 0.3) is 5.91 Å². The molecule has 1 aliphatic rings. The van der Waals surface area contributed by atoms with Gasteiger partial charge in [-0.3, -0.25) is 4.79 Å². The monoisotopic (exact) mass is 435 g/mol. The number of pyridine rings is 1. The number of nitrogens with zero attached hydrogens (tertiary/aromatic N) is 1. The topological polar surface area (TPSA) is 77.2 Å². The molecule has 0 radical (unpaired) electrons. The van der Waals surface area contributed by atoms with Crippen molar-refractivity contribution in [2.75, 3.05) is 18.2 Å². The second kappa shape index (κ2) is 7.74. The third-order valence-corrected chi connectivity index (χ3v) is 7.46. The van der Waals surface area contributed by atoms with Gasteiger partial charge in [0.2, 0.25) is 0 Å². The summed E-state index contributed by atoms with van der Waals surface area (Å²) in [6, 6.07) is 11.4. The van der Waals surface area contributed by atoms with E-state index in [1.807, 2.05) is 24.3 Å². The van der Waals surface area contributed by atoms with E-state index >= 15 is 0 Å². The average molecular weight is 436 g/mol. The van der Waals surface area contributed by atoms with Crippen LogP contribution in [0.3, 0.4) is 0 Å². The first-order valence-corrected chi connectivity index (χ1v) is 11.6. The molecule has 0 fully saturated rings. The van der Waals surface area contributed by atoms with Gasteiger partial charge >= 0.3 is 0 Å². The van der Waals surface area contributed by atoms with Crippen LogP contribution in [0.2, 0.25) is 0 Å². The van der Waals surface area contributed by atoms with Gasteiger partial charge in [-0.25, -0.2) is 4.98 Å². The van der Waals surface area contributed by atoms with E-state index in [4.69, 9.17) is 15.5 Å². The van der Waals surface area contributed by atoms with Crippen LogP contribution in [-0.2, 0) is 12.8 Å². The third-order valence-electron chi connectivity index (χ3n) is 5.48. The number of nitrogens with one attached hydrogen (secondary N) is 1. The summed E-state index contributed by atoms with van der Waals surface area (Å²) >= 11 is 3.08. The van der Waals surface area contributed by atoms with Crippen molar-refractivity contribution in [1.82, 2.24) is 4.98 Å². The van der Waals surface area contributed by atoms with Gasteiger partial charge in [-0.1, -0.05) is 6.07 Å². The molecule has 0 bridgehead atoms. The number of anilines is 2. The number of aryl methyl sites for hydroxylation is 1. The normalized spacial score (nSPS) is 13.2. The summed E-state index contributed by atoms with van der Waals surface area (Å²) in [6.45, 7) is 0. The summed E-state index contributed by atoms with van der Waals surface area (Å²) in [6.07, 6.45) is 4.30. The highest BCUT2D eigenvalue weighted by molar-refractivity contribution is 7.21. The number of ether oxygens (including phenoxy) is 1. The molecule has 0 spiro atoms. The van der Waals surface area contributed by atoms with Crippen LogP contribution in [0.15, 0.2) is 41.8 Å². The Hall–Kier alpha value is -2.90. The number of fused-ring (bicyclic) bond motifs is 2. The second-order valence-corrected chi connectivity index (χ2v) is 9.25. The first-order chi connectivity index (χ1) is 14.7. The zero-order valence-corrected chi connectivity index (χ0v) is 18.2. The van der Waals surface area contributed by atoms with Gasteiger partial charge in [-0.15, -0.1) is 22.7 Å². The van der Waals surface area contributed by atoms with Gasteiger partial charge in [-0.05, 0) is 67.0 Å². The summed E-state index contributed by atoms with van der Waals surface area (Å²) in [5.41, 5.74) is 11.4. The Bertz CT molecular complexity index is 1230. The number of amides is 1. The van der Waals surface area contributed by atoms with Crippen molar-refractivity contribution in [3.63, 3.8) is 0 Å². The molecule has 3 N–H and O–H groups in total. The van der Waals surface area contributed by atoms with E-state index in [2.05, 4.69) is 22.8 Å². The highest BCUT2D eigenvalue weighted by Crippen LogP contribution is 2.45. The molecule has 0 aliphatic heterocycles. The summed E-state index contributed by atoms with van der Waals surface area (Å²) < 4.78 is 5.18. The molecule has 0 saturated carbocycles. The molecular formula is C23H21N3O2S2. The summed E-state index contributed by atoms with van der Waals surface area (Å²) in [7, 11) is 1.61. The number of hydrogen-bond acceptors (Lipinski definition) is 6. The maximum absolute atomic E-state index is 13.0. The minimum atomic E-state index is -0.212. The molecule has 3 heterocycles. The summed E-state index contributed by atoms with van der Waals surface area (Å²) in [5, 5.41) is 5.95. The number of nitrogens with two attached hydrogens (primary N) is 1. The Morgan fingerprint density at radius 1 is 1.17 bits per heavy atom. The molecule has 1 aromatic carbocycles. The van der Waals surface area contributed by atoms with E-state index in [0.717, 1.165) is 47.3 Å². The van der Waals surface area contributed by atoms with E-state index in [1.54, 1.807) is 18.4 Å². The molecule has 3 aromatic heterocycles. The second-order valence-electron chi connectivity index (χ2n) is 7.30. The predicted octanol–water partition coefficient (Wildman–Crippen LogP) is 5.75. The number of carbonyl (C=O) groups excluding carboxylic acids is 1. The number of nitrogen functional groups attached to an aromatic ring is 1. The van der Waals surface area contributed by atoms with Crippen LogP contribution in [-0.4, -0.2) is 18.0 Å². The molecule has 0 saturated heterocycles. The lowest BCUT2D eigenvalue weighted by atomic mass is 9.90. The van der Waals surface area contributed by atoms with Crippen molar-refractivity contribution in [2.24, 2.45) is 0 Å². The zero-order chi connectivity index (χ0) is 20.7. The quantitative estimate of drug-likeness (QED) is 0.428. The maximum Gasteiger partial charge on any atom is 0.267 e. The maximum atomic E-state index is 13.0. The Balaban J connectivity index is 1.61. The van der Waals surface area contributed by atoms with Crippen LogP contribution in [0, 0.1) is 0 Å². The van der Waals surface area contributed by atoms with E-state index in [9.17, 15) is 4.79 Å². The standard InChI is InChI=1S/C23H21N3O2S2/c1-28-14-10-8-13(9-11-14)25-22(27)21-20(24)19-18(17-7-4-12-29-17)15-5-2-3-6-16(15)26-23(19)30-21/h4,7-12H,2-3,5-6,24H2,1H3,(H,25,27). The predicted molar refractivity (Wildman–Crippen MR) is 125 cm³/mol. The van der Waals surface area contributed by atoms with Crippen molar-refractivity contribution in [3.8, 4) is 16.2 Å². The van der Waals surface area contributed by atoms with Crippen LogP contribution < -0.4 is 15.8 Å². The van der Waals surface area contributed by atoms with Crippen LogP contribution >= 0.6 is 22.7 Å². The average Bonchev–Trinajstić information content (AvgIpc) is 3.41. The SMILES string of the molecule is COc1ccc(NC(=O)c2sc3nc4c(c(-c5cccs5)c3c2N)CCCC4)cc1. The van der Waals surface area contributed by atoms with Crippen LogP contribution in [0.1, 0.15) is 33.8 Å². The molecule has 0 unspecified atom stereocenters. The largest absolute Gasteiger partial charge is 0.497 e. The fourth-order valence-corrected chi connectivity index (χ4v) is 5.85. The van der Waals surface area contributed by atoms with Crippen LogP contribution in [0.4, 0.5) is 11.4 Å². The zero-order valence-electron chi connectivity index (χ0n) is 16.5. The van der Waals surface area contributed by atoms with Gasteiger partial charge in [0.15, 0.2) is 0 Å². The molecule has 1 aliphatic carbocycles. The highest BCUT2D eigenvalue weighted by Gasteiger charge is 2.26. The Morgan fingerprint density at radius 3 is 2.70 bits per heavy atom. The molecule has 152 valence electrons. The van der Waals surface area contributed by atoms with Crippen LogP contribution in [0.25, 0.3) is 20.7 Å². The Kier molecular flexibility index (Phi) is 4.92. The van der Waals surface area contributed by atoms with E-state index in [0.29, 0.717) is 16.3 Å². The van der Waals surface area contributed by atoms with Crippen molar-refractivity contribution in [1.29, 1.82) is 0 Å². The lowest BCUT2D eigenvalue weighted by Gasteiger charge is -2.19. The van der Waals surface area contributed by atoms with E-state index in [1.165, 1.54) is 27.3 Å². The molecule has 5 rings (SSSR count). The molecule has 4 aromatic rings.